The lowest BCUT2D eigenvalue weighted by Gasteiger charge is -2.28. The number of carbonyl (C=O) groups excluding carboxylic acids is 13. The summed E-state index contributed by atoms with van der Waals surface area (Å²) in [5, 5.41) is 39.7. The summed E-state index contributed by atoms with van der Waals surface area (Å²) in [6.07, 6.45) is 2.73. The Hall–Kier alpha value is -7.41. The van der Waals surface area contributed by atoms with E-state index in [2.05, 4.69) is 74.4 Å². The van der Waals surface area contributed by atoms with Crippen LogP contribution in [0.1, 0.15) is 190 Å². The van der Waals surface area contributed by atoms with Gasteiger partial charge in [0.1, 0.15) is 24.2 Å². The summed E-state index contributed by atoms with van der Waals surface area (Å²) in [5.74, 6) is -4.22. The first kappa shape index (κ1) is 118. The zero-order valence-electron chi connectivity index (χ0n) is 76.9. The molecule has 0 saturated heterocycles. The number of urea groups is 3. The molecule has 0 heterocycles. The van der Waals surface area contributed by atoms with Gasteiger partial charge < -0.3 is 135 Å². The monoisotopic (exact) mass is 1740 g/mol. The normalized spacial score (nSPS) is 13.7. The van der Waals surface area contributed by atoms with Crippen LogP contribution in [-0.4, -0.2) is 301 Å². The Morgan fingerprint density at radius 3 is 0.884 bits per heavy atom. The van der Waals surface area contributed by atoms with Crippen molar-refractivity contribution in [1.82, 2.24) is 74.4 Å². The zero-order chi connectivity index (χ0) is 92.5. The number of rotatable bonds is 70. The largest absolute Gasteiger partial charge is 0.382 e. The van der Waals surface area contributed by atoms with Gasteiger partial charge in [0.2, 0.25) is 41.4 Å². The van der Waals surface area contributed by atoms with Gasteiger partial charge >= 0.3 is 18.1 Å². The zero-order valence-corrected chi connectivity index (χ0v) is 76.9. The van der Waals surface area contributed by atoms with Gasteiger partial charge in [-0.3, -0.25) is 47.9 Å². The van der Waals surface area contributed by atoms with Crippen molar-refractivity contribution in [2.45, 2.75) is 268 Å². The van der Waals surface area contributed by atoms with E-state index in [4.69, 9.17) is 60.8 Å². The summed E-state index contributed by atoms with van der Waals surface area (Å²) in [7, 11) is 1.63. The SMILES string of the molecule is CC(C)NC[C@H](NC(C)C)C(=O)N[C@H](C(=O)N[C@@H](CCCNC(N)=O)C(=O)C(C)C)C(C)C.CC(C)N[C@@H](CN)C(=O)N[C@H](C(=O)N[C@@H](CCCNC(N)=O)C(=O)C(C)C)C(C)C.COCCOCCOCCOCCOCCOCCOCCOCCC(=O)NC[C@H](NC(C)C)C(=O)N[C@H](C(=O)N[C@@H](CCCNC(N)=O)C(=O)CC(C)C)C(C)C. The summed E-state index contributed by atoms with van der Waals surface area (Å²) in [6, 6.07) is -8.40. The quantitative estimate of drug-likeness (QED) is 0.0370. The van der Waals surface area contributed by atoms with Crippen molar-refractivity contribution in [2.75, 3.05) is 145 Å². The van der Waals surface area contributed by atoms with Crippen molar-refractivity contribution >= 4 is 76.8 Å². The molecule has 9 atom stereocenters. The molecule has 39 nitrogen and oxygen atoms in total. The highest BCUT2D eigenvalue weighted by Gasteiger charge is 2.35. The Morgan fingerprint density at radius 2 is 0.603 bits per heavy atom. The summed E-state index contributed by atoms with van der Waals surface area (Å²) < 4.78 is 43.0. The number of nitrogens with one attached hydrogen (secondary N) is 14. The first-order valence-electron chi connectivity index (χ1n) is 43.0. The van der Waals surface area contributed by atoms with Crippen LogP contribution in [0.5, 0.6) is 0 Å². The molecule has 39 heteroatoms. The molecule has 0 aliphatic heterocycles. The Kier molecular flexibility index (Phi) is 70.0. The molecule has 0 unspecified atom stereocenters. The second-order valence-electron chi connectivity index (χ2n) is 32.6. The van der Waals surface area contributed by atoms with Crippen LogP contribution in [0, 0.1) is 35.5 Å². The van der Waals surface area contributed by atoms with Crippen molar-refractivity contribution in [1.29, 1.82) is 0 Å². The molecule has 706 valence electrons. The number of methoxy groups -OCH3 is 1. The van der Waals surface area contributed by atoms with Crippen molar-refractivity contribution in [3.63, 3.8) is 0 Å². The summed E-state index contributed by atoms with van der Waals surface area (Å²) in [6.45, 7) is 45.2. The van der Waals surface area contributed by atoms with E-state index in [-0.39, 0.29) is 134 Å². The molecule has 13 amide bonds. The van der Waals surface area contributed by atoms with Gasteiger partial charge in [0.15, 0.2) is 17.3 Å². The van der Waals surface area contributed by atoms with Crippen LogP contribution in [0.2, 0.25) is 0 Å². The van der Waals surface area contributed by atoms with Gasteiger partial charge in [-0.15, -0.1) is 0 Å². The van der Waals surface area contributed by atoms with Gasteiger partial charge in [0, 0.05) is 95.2 Å². The van der Waals surface area contributed by atoms with Gasteiger partial charge in [0.05, 0.1) is 129 Å². The number of Topliss-reactive ketones (excluding diaryl/α,β-unsaturated/α-hetero) is 3. The van der Waals surface area contributed by atoms with Gasteiger partial charge in [-0.05, 0) is 62.2 Å². The van der Waals surface area contributed by atoms with Gasteiger partial charge in [-0.25, -0.2) is 14.4 Å². The van der Waals surface area contributed by atoms with Crippen LogP contribution in [0.25, 0.3) is 0 Å². The highest BCUT2D eigenvalue weighted by Crippen LogP contribution is 2.14. The number of hydrogen-bond donors (Lipinski definition) is 18. The molecule has 0 aromatic heterocycles. The van der Waals surface area contributed by atoms with Gasteiger partial charge in [-0.2, -0.15) is 0 Å². The maximum Gasteiger partial charge on any atom is 0.312 e. The summed E-state index contributed by atoms with van der Waals surface area (Å²) >= 11 is 0. The number of carbonyl (C=O) groups is 13. The molecule has 0 aromatic rings. The van der Waals surface area contributed by atoms with E-state index >= 15 is 0 Å². The van der Waals surface area contributed by atoms with E-state index in [1.807, 2.05) is 96.9 Å². The van der Waals surface area contributed by atoms with Crippen LogP contribution >= 0.6 is 0 Å². The lowest BCUT2D eigenvalue weighted by molar-refractivity contribution is -0.133. The average Bonchev–Trinajstić information content (AvgIpc) is 0.868. The second kappa shape index (κ2) is 72.0. The second-order valence-corrected chi connectivity index (χ2v) is 32.6. The van der Waals surface area contributed by atoms with E-state index in [0.29, 0.717) is 151 Å². The minimum absolute atomic E-state index is 0.0118. The highest BCUT2D eigenvalue weighted by atomic mass is 16.6. The molecule has 0 rings (SSSR count). The van der Waals surface area contributed by atoms with Crippen LogP contribution in [0.4, 0.5) is 14.4 Å². The number of nitrogens with two attached hydrogens (primary N) is 4. The maximum absolute atomic E-state index is 13.4. The first-order chi connectivity index (χ1) is 56.9. The lowest BCUT2D eigenvalue weighted by Crippen LogP contribution is -2.59. The molecule has 0 spiro atoms. The van der Waals surface area contributed by atoms with E-state index in [9.17, 15) is 62.3 Å². The fourth-order valence-electron chi connectivity index (χ4n) is 11.2. The predicted octanol–water partition coefficient (Wildman–Crippen LogP) is 0.572. The molecular weight excluding hydrogens is 1570 g/mol. The highest BCUT2D eigenvalue weighted by molar-refractivity contribution is 5.96. The summed E-state index contributed by atoms with van der Waals surface area (Å²) in [5.41, 5.74) is 20.9. The third-order valence-corrected chi connectivity index (χ3v) is 17.6. The molecule has 121 heavy (non-hydrogen) atoms. The molecule has 0 fully saturated rings. The van der Waals surface area contributed by atoms with Crippen molar-refractivity contribution in [3.05, 3.63) is 0 Å². The molecule has 0 bridgehead atoms. The standard InChI is InChI=1S/C39H76N6O13.C23H46N6O4.C20H40N6O4/c1-29(2)27-34(46)32(9-8-11-41-39(40)50)44-38(49)36(30(3)4)45-37(48)33(43-31(5)6)28-42-35(47)10-12-52-15-16-54-19-20-56-23-24-58-26-25-57-22-21-55-18-17-53-14-13-51-7;1-13(2)19(29-21(31)18(27-16(7)8)12-26-15(5)6)22(32)28-17(20(30)14(3)4)10-9-11-25-23(24)33;1-11(2)16(26-18(28)15(10-21)24-13(5)6)19(29)25-14(17(27)12(3)4)8-7-9-23-20(22)30/h29-33,36,43H,8-28H2,1-7H3,(H,42,47)(H,44,49)(H,45,48)(H3,40,41,50);13-19,26-27H,9-12H2,1-8H3,(H,28,32)(H,29,31)(H3,24,25,33);11-16,24H,7-10,21H2,1-6H3,(H,25,29)(H,26,28)(H3,22,23,30)/t32-,33-,36-;17-,18-,19-;14-,15-,16-/m000/s1. The van der Waals surface area contributed by atoms with E-state index in [1.54, 1.807) is 48.7 Å². The van der Waals surface area contributed by atoms with E-state index in [1.165, 1.54) is 0 Å². The average molecular weight is 1740 g/mol. The number of primary amides is 3. The number of amides is 13. The van der Waals surface area contributed by atoms with Crippen LogP contribution in [0.15, 0.2) is 0 Å². The Morgan fingerprint density at radius 1 is 0.314 bits per heavy atom. The summed E-state index contributed by atoms with van der Waals surface area (Å²) in [4.78, 5) is 162. The lowest BCUT2D eigenvalue weighted by atomic mass is 9.96. The predicted molar refractivity (Wildman–Crippen MR) is 464 cm³/mol. The molecule has 0 aromatic carbocycles. The van der Waals surface area contributed by atoms with Crippen molar-refractivity contribution in [3.8, 4) is 0 Å². The van der Waals surface area contributed by atoms with Crippen LogP contribution < -0.4 is 97.4 Å². The first-order valence-corrected chi connectivity index (χ1v) is 43.0. The fraction of sp³-hybridized carbons (Fsp3) is 0.841. The molecular formula is C82H162N18O21. The Labute approximate surface area is 720 Å². The molecule has 0 aliphatic carbocycles. The fourth-order valence-corrected chi connectivity index (χ4v) is 11.2. The van der Waals surface area contributed by atoms with Gasteiger partial charge in [0.25, 0.3) is 0 Å². The minimum atomic E-state index is -0.940. The van der Waals surface area contributed by atoms with E-state index < -0.39 is 96.1 Å². The van der Waals surface area contributed by atoms with Crippen molar-refractivity contribution in [2.24, 2.45) is 58.4 Å². The Bertz CT molecular complexity index is 2880. The smallest absolute Gasteiger partial charge is 0.312 e. The van der Waals surface area contributed by atoms with Gasteiger partial charge in [-0.1, -0.05) is 138 Å². The molecule has 0 saturated carbocycles. The maximum atomic E-state index is 13.4. The number of hydrogen-bond acceptors (Lipinski definition) is 26. The van der Waals surface area contributed by atoms with Crippen LogP contribution in [-0.2, 0) is 85.8 Å². The number of ether oxygens (including phenoxy) is 8. The molecule has 22 N–H and O–H groups in total. The Balaban J connectivity index is -0.00000187. The molecule has 0 radical (unpaired) electrons. The topological polar surface area (TPSA) is 568 Å². The molecule has 0 aliphatic rings. The third-order valence-electron chi connectivity index (χ3n) is 17.6. The van der Waals surface area contributed by atoms with Crippen LogP contribution in [0.3, 0.4) is 0 Å². The van der Waals surface area contributed by atoms with E-state index in [0.717, 1.165) is 0 Å². The third kappa shape index (κ3) is 64.1. The minimum Gasteiger partial charge on any atom is -0.382 e. The van der Waals surface area contributed by atoms with Crippen molar-refractivity contribution < 1.29 is 100 Å². The number of ketones is 3.